The molecule has 3 rings (SSSR count). The lowest BCUT2D eigenvalue weighted by molar-refractivity contribution is 0.666. The van der Waals surface area contributed by atoms with Crippen molar-refractivity contribution in [1.82, 2.24) is 19.6 Å². The van der Waals surface area contributed by atoms with E-state index in [1.54, 1.807) is 12.5 Å². The van der Waals surface area contributed by atoms with E-state index in [0.717, 1.165) is 31.0 Å². The minimum atomic E-state index is 0.562. The Morgan fingerprint density at radius 1 is 1.50 bits per heavy atom. The zero-order valence-electron chi connectivity index (χ0n) is 8.75. The third-order valence-corrected chi connectivity index (χ3v) is 3.44. The normalized spacial score (nSPS) is 20.8. The predicted molar refractivity (Wildman–Crippen MR) is 61.8 cm³/mol. The van der Waals surface area contributed by atoms with Crippen molar-refractivity contribution in [3.05, 3.63) is 18.7 Å². The molecule has 0 spiro atoms. The molecule has 1 atom stereocenters. The first-order chi connectivity index (χ1) is 7.88. The van der Waals surface area contributed by atoms with Crippen LogP contribution in [-0.2, 0) is 0 Å². The highest BCUT2D eigenvalue weighted by Gasteiger charge is 2.24. The topological polar surface area (TPSA) is 46.3 Å². The molecule has 0 aliphatic carbocycles. The van der Waals surface area contributed by atoms with Crippen LogP contribution in [0.4, 0.5) is 5.82 Å². The molecule has 6 heteroatoms. The van der Waals surface area contributed by atoms with E-state index in [9.17, 15) is 0 Å². The number of nitrogens with zero attached hydrogens (tertiary/aromatic N) is 5. The number of hydrogen-bond donors (Lipinski definition) is 0. The quantitative estimate of drug-likeness (QED) is 0.737. The zero-order chi connectivity index (χ0) is 11.0. The van der Waals surface area contributed by atoms with Crippen LogP contribution < -0.4 is 4.90 Å². The minimum absolute atomic E-state index is 0.562. The molecule has 1 saturated heterocycles. The van der Waals surface area contributed by atoms with Gasteiger partial charge in [0.15, 0.2) is 5.82 Å². The first kappa shape index (κ1) is 9.84. The third kappa shape index (κ3) is 1.51. The van der Waals surface area contributed by atoms with Crippen LogP contribution in [0.5, 0.6) is 0 Å². The van der Waals surface area contributed by atoms with Gasteiger partial charge in [-0.2, -0.15) is 0 Å². The summed E-state index contributed by atoms with van der Waals surface area (Å²) in [5, 5.41) is 7.98. The Kier molecular flexibility index (Phi) is 2.40. The van der Waals surface area contributed by atoms with E-state index in [4.69, 9.17) is 11.6 Å². The van der Waals surface area contributed by atoms with Gasteiger partial charge >= 0.3 is 0 Å². The summed E-state index contributed by atoms with van der Waals surface area (Å²) in [7, 11) is 0. The molecule has 1 aliphatic rings. The van der Waals surface area contributed by atoms with Gasteiger partial charge in [-0.15, -0.1) is 21.8 Å². The SMILES string of the molecule is ClCC1CCN(c2nccn3cnnc23)C1. The maximum atomic E-state index is 5.88. The molecule has 5 nitrogen and oxygen atoms in total. The molecule has 1 fully saturated rings. The van der Waals surface area contributed by atoms with E-state index in [1.807, 2.05) is 10.6 Å². The molecule has 16 heavy (non-hydrogen) atoms. The molecular weight excluding hydrogens is 226 g/mol. The van der Waals surface area contributed by atoms with Gasteiger partial charge in [-0.25, -0.2) is 4.98 Å². The van der Waals surface area contributed by atoms with Crippen molar-refractivity contribution >= 4 is 23.1 Å². The monoisotopic (exact) mass is 237 g/mol. The molecule has 2 aromatic rings. The molecule has 0 saturated carbocycles. The third-order valence-electron chi connectivity index (χ3n) is 3.00. The largest absolute Gasteiger partial charge is 0.353 e. The van der Waals surface area contributed by atoms with Crippen LogP contribution in [0, 0.1) is 5.92 Å². The average molecular weight is 238 g/mol. The maximum Gasteiger partial charge on any atom is 0.203 e. The smallest absolute Gasteiger partial charge is 0.203 e. The Morgan fingerprint density at radius 3 is 3.25 bits per heavy atom. The highest BCUT2D eigenvalue weighted by molar-refractivity contribution is 6.18. The molecule has 0 N–H and O–H groups in total. The molecule has 3 heterocycles. The second-order valence-corrected chi connectivity index (χ2v) is 4.38. The van der Waals surface area contributed by atoms with Gasteiger partial charge in [0.1, 0.15) is 6.33 Å². The summed E-state index contributed by atoms with van der Waals surface area (Å²) < 4.78 is 1.89. The van der Waals surface area contributed by atoms with Crippen molar-refractivity contribution in [3.8, 4) is 0 Å². The van der Waals surface area contributed by atoms with Crippen LogP contribution in [0.15, 0.2) is 18.7 Å². The van der Waals surface area contributed by atoms with Crippen molar-refractivity contribution < 1.29 is 0 Å². The lowest BCUT2D eigenvalue weighted by Crippen LogP contribution is -2.22. The molecule has 1 aliphatic heterocycles. The molecule has 84 valence electrons. The maximum absolute atomic E-state index is 5.88. The Hall–Kier alpha value is -1.36. The fourth-order valence-electron chi connectivity index (χ4n) is 2.12. The molecule has 2 aromatic heterocycles. The lowest BCUT2D eigenvalue weighted by atomic mass is 10.2. The number of rotatable bonds is 2. The van der Waals surface area contributed by atoms with Crippen molar-refractivity contribution in [2.75, 3.05) is 23.9 Å². The number of anilines is 1. The van der Waals surface area contributed by atoms with Crippen LogP contribution in [0.3, 0.4) is 0 Å². The second-order valence-electron chi connectivity index (χ2n) is 4.07. The number of halogens is 1. The van der Waals surface area contributed by atoms with Crippen molar-refractivity contribution in [2.24, 2.45) is 5.92 Å². The molecule has 0 radical (unpaired) electrons. The fourth-order valence-corrected chi connectivity index (χ4v) is 2.37. The van der Waals surface area contributed by atoms with Gasteiger partial charge in [0.2, 0.25) is 5.65 Å². The Labute approximate surface area is 98.1 Å². The fraction of sp³-hybridized carbons (Fsp3) is 0.500. The number of aromatic nitrogens is 4. The second kappa shape index (κ2) is 3.90. The minimum Gasteiger partial charge on any atom is -0.353 e. The summed E-state index contributed by atoms with van der Waals surface area (Å²) >= 11 is 5.88. The predicted octanol–water partition coefficient (Wildman–Crippen LogP) is 1.19. The van der Waals surface area contributed by atoms with Gasteiger partial charge in [0, 0.05) is 31.4 Å². The first-order valence-electron chi connectivity index (χ1n) is 5.34. The Morgan fingerprint density at radius 2 is 2.44 bits per heavy atom. The summed E-state index contributed by atoms with van der Waals surface area (Å²) in [6.07, 6.45) is 6.45. The summed E-state index contributed by atoms with van der Waals surface area (Å²) in [4.78, 5) is 6.62. The Balaban J connectivity index is 1.97. The van der Waals surface area contributed by atoms with Crippen LogP contribution in [0.1, 0.15) is 6.42 Å². The summed E-state index contributed by atoms with van der Waals surface area (Å²) in [5.74, 6) is 2.19. The number of fused-ring (bicyclic) bond motifs is 1. The van der Waals surface area contributed by atoms with E-state index < -0.39 is 0 Å². The summed E-state index contributed by atoms with van der Waals surface area (Å²) in [5.41, 5.74) is 0.817. The number of alkyl halides is 1. The van der Waals surface area contributed by atoms with Gasteiger partial charge in [0.25, 0.3) is 0 Å². The van der Waals surface area contributed by atoms with Crippen LogP contribution in [-0.4, -0.2) is 38.6 Å². The zero-order valence-corrected chi connectivity index (χ0v) is 9.51. The molecule has 0 bridgehead atoms. The summed E-state index contributed by atoms with van der Waals surface area (Å²) in [6.45, 7) is 1.96. The van der Waals surface area contributed by atoms with Crippen LogP contribution in [0.25, 0.3) is 5.65 Å². The van der Waals surface area contributed by atoms with E-state index in [1.165, 1.54) is 0 Å². The standard InChI is InChI=1S/C10H12ClN5/c11-5-8-1-3-15(6-8)9-10-14-13-7-16(10)4-2-12-9/h2,4,7-8H,1,3,5-6H2. The van der Waals surface area contributed by atoms with Gasteiger partial charge in [-0.1, -0.05) is 0 Å². The summed E-state index contributed by atoms with van der Waals surface area (Å²) in [6, 6.07) is 0. The molecular formula is C10H12ClN5. The van der Waals surface area contributed by atoms with E-state index in [-0.39, 0.29) is 0 Å². The Bertz CT molecular complexity index is 497. The van der Waals surface area contributed by atoms with Gasteiger partial charge in [-0.3, -0.25) is 4.40 Å². The molecule has 0 aromatic carbocycles. The van der Waals surface area contributed by atoms with Crippen molar-refractivity contribution in [2.45, 2.75) is 6.42 Å². The first-order valence-corrected chi connectivity index (χ1v) is 5.87. The molecule has 0 amide bonds. The van der Waals surface area contributed by atoms with Crippen molar-refractivity contribution in [1.29, 1.82) is 0 Å². The van der Waals surface area contributed by atoms with Crippen molar-refractivity contribution in [3.63, 3.8) is 0 Å². The van der Waals surface area contributed by atoms with Gasteiger partial charge in [0.05, 0.1) is 0 Å². The average Bonchev–Trinajstić information content (AvgIpc) is 2.97. The van der Waals surface area contributed by atoms with E-state index >= 15 is 0 Å². The number of hydrogen-bond acceptors (Lipinski definition) is 4. The van der Waals surface area contributed by atoms with E-state index in [2.05, 4.69) is 20.1 Å². The van der Waals surface area contributed by atoms with Gasteiger partial charge < -0.3 is 4.90 Å². The van der Waals surface area contributed by atoms with Gasteiger partial charge in [-0.05, 0) is 12.3 Å². The lowest BCUT2D eigenvalue weighted by Gasteiger charge is -2.16. The van der Waals surface area contributed by atoms with Crippen LogP contribution >= 0.6 is 11.6 Å². The highest BCUT2D eigenvalue weighted by Crippen LogP contribution is 2.24. The highest BCUT2D eigenvalue weighted by atomic mass is 35.5. The van der Waals surface area contributed by atoms with E-state index in [0.29, 0.717) is 11.8 Å². The molecule has 1 unspecified atom stereocenters. The van der Waals surface area contributed by atoms with Crippen LogP contribution in [0.2, 0.25) is 0 Å².